The first-order valence-electron chi connectivity index (χ1n) is 7.72. The first kappa shape index (κ1) is 14.3. The van der Waals surface area contributed by atoms with Crippen molar-refractivity contribution in [1.82, 2.24) is 5.32 Å². The monoisotopic (exact) mass is 281 g/mol. The quantitative estimate of drug-likeness (QED) is 0.906. The van der Waals surface area contributed by atoms with Gasteiger partial charge in [0.2, 0.25) is 0 Å². The molecule has 3 rings (SSSR count). The number of fused-ring (bicyclic) bond motifs is 1. The fourth-order valence-corrected chi connectivity index (χ4v) is 3.15. The van der Waals surface area contributed by atoms with Crippen LogP contribution >= 0.6 is 0 Å². The van der Waals surface area contributed by atoms with Crippen LogP contribution in [0.15, 0.2) is 48.5 Å². The average Bonchev–Trinajstić information content (AvgIpc) is 2.54. The average molecular weight is 281 g/mol. The molecule has 1 aliphatic rings. The highest BCUT2D eigenvalue weighted by atomic mass is 16.5. The third-order valence-electron chi connectivity index (χ3n) is 4.35. The number of nitrogens with one attached hydrogen (secondary N) is 1. The molecule has 110 valence electrons. The molecule has 0 saturated carbocycles. The van der Waals surface area contributed by atoms with Crippen LogP contribution in [0, 0.1) is 0 Å². The smallest absolute Gasteiger partial charge is 0.0716 e. The van der Waals surface area contributed by atoms with Crippen molar-refractivity contribution in [1.29, 1.82) is 0 Å². The summed E-state index contributed by atoms with van der Waals surface area (Å²) in [6.45, 7) is 1.61. The Morgan fingerprint density at radius 1 is 1.00 bits per heavy atom. The lowest BCUT2D eigenvalue weighted by molar-refractivity contribution is 0.184. The lowest BCUT2D eigenvalue weighted by Gasteiger charge is -2.26. The summed E-state index contributed by atoms with van der Waals surface area (Å²) in [7, 11) is 1.75. The molecule has 2 aromatic rings. The molecule has 0 saturated heterocycles. The van der Waals surface area contributed by atoms with E-state index in [1.165, 1.54) is 35.1 Å². The molecule has 0 aliphatic heterocycles. The minimum atomic E-state index is 0.579. The van der Waals surface area contributed by atoms with E-state index >= 15 is 0 Å². The highest BCUT2D eigenvalue weighted by molar-refractivity contribution is 5.31. The third-order valence-corrected chi connectivity index (χ3v) is 4.35. The molecule has 0 spiro atoms. The molecule has 0 bridgehead atoms. The molecule has 0 radical (unpaired) electrons. The van der Waals surface area contributed by atoms with Crippen molar-refractivity contribution in [3.8, 4) is 0 Å². The van der Waals surface area contributed by atoms with Gasteiger partial charge in [-0.2, -0.15) is 0 Å². The van der Waals surface area contributed by atoms with E-state index in [1.54, 1.807) is 7.11 Å². The Morgan fingerprint density at radius 3 is 2.52 bits per heavy atom. The molecule has 1 aliphatic carbocycles. The van der Waals surface area contributed by atoms with Crippen molar-refractivity contribution in [2.45, 2.75) is 38.5 Å². The zero-order chi connectivity index (χ0) is 14.5. The highest BCUT2D eigenvalue weighted by Gasteiger charge is 2.17. The van der Waals surface area contributed by atoms with Crippen molar-refractivity contribution in [2.24, 2.45) is 0 Å². The van der Waals surface area contributed by atoms with Gasteiger partial charge >= 0.3 is 0 Å². The SMILES string of the molecule is COCc1ccccc1CNC1CCc2ccccc2C1. The van der Waals surface area contributed by atoms with Gasteiger partial charge in [-0.1, -0.05) is 48.5 Å². The van der Waals surface area contributed by atoms with Gasteiger partial charge in [0.1, 0.15) is 0 Å². The second-order valence-electron chi connectivity index (χ2n) is 5.79. The molecule has 1 atom stereocenters. The van der Waals surface area contributed by atoms with Crippen LogP contribution < -0.4 is 5.32 Å². The van der Waals surface area contributed by atoms with E-state index in [9.17, 15) is 0 Å². The van der Waals surface area contributed by atoms with Crippen molar-refractivity contribution in [3.63, 3.8) is 0 Å². The maximum absolute atomic E-state index is 5.28. The van der Waals surface area contributed by atoms with E-state index in [1.807, 2.05) is 0 Å². The van der Waals surface area contributed by atoms with Gasteiger partial charge < -0.3 is 10.1 Å². The second-order valence-corrected chi connectivity index (χ2v) is 5.79. The fraction of sp³-hybridized carbons (Fsp3) is 0.368. The van der Waals surface area contributed by atoms with E-state index < -0.39 is 0 Å². The molecule has 2 heteroatoms. The standard InChI is InChI=1S/C19H23NO/c1-21-14-18-9-5-4-8-17(18)13-20-19-11-10-15-6-2-3-7-16(15)12-19/h2-9,19-20H,10-14H2,1H3. The maximum atomic E-state index is 5.28. The first-order valence-corrected chi connectivity index (χ1v) is 7.72. The lowest BCUT2D eigenvalue weighted by atomic mass is 9.88. The van der Waals surface area contributed by atoms with Gasteiger partial charge in [0.15, 0.2) is 0 Å². The summed E-state index contributed by atoms with van der Waals surface area (Å²) in [5, 5.41) is 3.72. The number of methoxy groups -OCH3 is 1. The molecule has 2 nitrogen and oxygen atoms in total. The van der Waals surface area contributed by atoms with E-state index in [0.29, 0.717) is 12.6 Å². The number of hydrogen-bond donors (Lipinski definition) is 1. The molecule has 0 fully saturated rings. The minimum Gasteiger partial charge on any atom is -0.380 e. The molecule has 1 N–H and O–H groups in total. The molecule has 21 heavy (non-hydrogen) atoms. The summed E-state index contributed by atoms with van der Waals surface area (Å²) in [4.78, 5) is 0. The summed E-state index contributed by atoms with van der Waals surface area (Å²) < 4.78 is 5.28. The van der Waals surface area contributed by atoms with Crippen molar-refractivity contribution in [2.75, 3.05) is 7.11 Å². The van der Waals surface area contributed by atoms with Gasteiger partial charge in [0.25, 0.3) is 0 Å². The number of rotatable bonds is 5. The van der Waals surface area contributed by atoms with E-state index in [0.717, 1.165) is 13.0 Å². The predicted octanol–water partition coefficient (Wildman–Crippen LogP) is 3.48. The number of hydrogen-bond acceptors (Lipinski definition) is 2. The molecule has 0 heterocycles. The number of benzene rings is 2. The summed E-state index contributed by atoms with van der Waals surface area (Å²) in [5.41, 5.74) is 5.66. The Labute approximate surface area is 127 Å². The predicted molar refractivity (Wildman–Crippen MR) is 86.2 cm³/mol. The summed E-state index contributed by atoms with van der Waals surface area (Å²) in [6.07, 6.45) is 3.56. The van der Waals surface area contributed by atoms with Gasteiger partial charge in [-0.15, -0.1) is 0 Å². The Balaban J connectivity index is 1.62. The minimum absolute atomic E-state index is 0.579. The fourth-order valence-electron chi connectivity index (χ4n) is 3.15. The molecule has 0 aromatic heterocycles. The summed E-state index contributed by atoms with van der Waals surface area (Å²) >= 11 is 0. The van der Waals surface area contributed by atoms with E-state index in [2.05, 4.69) is 53.8 Å². The van der Waals surface area contributed by atoms with Gasteiger partial charge in [0.05, 0.1) is 6.61 Å². The molecular formula is C19H23NO. The maximum Gasteiger partial charge on any atom is 0.0716 e. The Kier molecular flexibility index (Phi) is 4.69. The Hall–Kier alpha value is -1.64. The zero-order valence-corrected chi connectivity index (χ0v) is 12.6. The topological polar surface area (TPSA) is 21.3 Å². The van der Waals surface area contributed by atoms with Crippen LogP contribution in [0.5, 0.6) is 0 Å². The van der Waals surface area contributed by atoms with Gasteiger partial charge in [-0.05, 0) is 41.5 Å². The Bertz CT molecular complexity index is 594. The van der Waals surface area contributed by atoms with Crippen LogP contribution in [-0.2, 0) is 30.7 Å². The van der Waals surface area contributed by atoms with Crippen LogP contribution in [0.3, 0.4) is 0 Å². The summed E-state index contributed by atoms with van der Waals surface area (Å²) in [6, 6.07) is 17.9. The third kappa shape index (κ3) is 3.52. The Morgan fingerprint density at radius 2 is 1.71 bits per heavy atom. The lowest BCUT2D eigenvalue weighted by Crippen LogP contribution is -2.34. The van der Waals surface area contributed by atoms with Crippen LogP contribution in [0.4, 0.5) is 0 Å². The summed E-state index contributed by atoms with van der Waals surface area (Å²) in [5.74, 6) is 0. The van der Waals surface area contributed by atoms with Crippen LogP contribution in [0.2, 0.25) is 0 Å². The van der Waals surface area contributed by atoms with Crippen LogP contribution in [0.1, 0.15) is 28.7 Å². The van der Waals surface area contributed by atoms with Crippen molar-refractivity contribution < 1.29 is 4.74 Å². The molecular weight excluding hydrogens is 258 g/mol. The number of aryl methyl sites for hydroxylation is 1. The zero-order valence-electron chi connectivity index (χ0n) is 12.6. The first-order chi connectivity index (χ1) is 10.4. The van der Waals surface area contributed by atoms with E-state index in [-0.39, 0.29) is 0 Å². The van der Waals surface area contributed by atoms with Gasteiger partial charge in [-0.3, -0.25) is 0 Å². The number of ether oxygens (including phenoxy) is 1. The van der Waals surface area contributed by atoms with Crippen LogP contribution in [0.25, 0.3) is 0 Å². The normalized spacial score (nSPS) is 17.5. The molecule has 1 unspecified atom stereocenters. The molecule has 0 amide bonds. The van der Waals surface area contributed by atoms with Crippen molar-refractivity contribution in [3.05, 3.63) is 70.8 Å². The van der Waals surface area contributed by atoms with Gasteiger partial charge in [0, 0.05) is 19.7 Å². The largest absolute Gasteiger partial charge is 0.380 e. The van der Waals surface area contributed by atoms with Crippen molar-refractivity contribution >= 4 is 0 Å². The van der Waals surface area contributed by atoms with Crippen LogP contribution in [-0.4, -0.2) is 13.2 Å². The second kappa shape index (κ2) is 6.88. The van der Waals surface area contributed by atoms with Gasteiger partial charge in [-0.25, -0.2) is 0 Å². The highest BCUT2D eigenvalue weighted by Crippen LogP contribution is 2.21. The van der Waals surface area contributed by atoms with E-state index in [4.69, 9.17) is 4.74 Å². The molecule has 2 aromatic carbocycles.